The van der Waals surface area contributed by atoms with E-state index in [1.807, 2.05) is 18.2 Å². The molecule has 1 aliphatic heterocycles. The van der Waals surface area contributed by atoms with Gasteiger partial charge in [-0.3, -0.25) is 4.90 Å². The molecule has 1 aromatic carbocycles. The zero-order valence-corrected chi connectivity index (χ0v) is 7.83. The van der Waals surface area contributed by atoms with E-state index in [9.17, 15) is 0 Å². The topological polar surface area (TPSA) is 29.3 Å². The Morgan fingerprint density at radius 1 is 1.38 bits per heavy atom. The van der Waals surface area contributed by atoms with E-state index in [-0.39, 0.29) is 0 Å². The van der Waals surface area contributed by atoms with Gasteiger partial charge in [-0.2, -0.15) is 0 Å². The summed E-state index contributed by atoms with van der Waals surface area (Å²) >= 11 is 0. The van der Waals surface area contributed by atoms with Crippen LogP contribution in [0.3, 0.4) is 0 Å². The van der Waals surface area contributed by atoms with Crippen molar-refractivity contribution in [3.63, 3.8) is 0 Å². The van der Waals surface area contributed by atoms with Crippen molar-refractivity contribution in [2.45, 2.75) is 0 Å². The Morgan fingerprint density at radius 3 is 2.85 bits per heavy atom. The third-order valence-corrected chi connectivity index (χ3v) is 2.35. The van der Waals surface area contributed by atoms with Gasteiger partial charge in [-0.15, -0.1) is 0 Å². The predicted molar refractivity (Wildman–Crippen MR) is 56.3 cm³/mol. The molecule has 0 fully saturated rings. The number of benzene rings is 1. The van der Waals surface area contributed by atoms with Crippen LogP contribution in [-0.2, 0) is 0 Å². The number of anilines is 1. The Bertz CT molecular complexity index is 342. The second kappa shape index (κ2) is 3.23. The molecule has 0 aromatic heterocycles. The summed E-state index contributed by atoms with van der Waals surface area (Å²) < 4.78 is 0. The van der Waals surface area contributed by atoms with Crippen LogP contribution in [-0.4, -0.2) is 25.0 Å². The van der Waals surface area contributed by atoms with Gasteiger partial charge >= 0.3 is 0 Å². The number of nitrogen functional groups attached to an aromatic ring is 1. The summed E-state index contributed by atoms with van der Waals surface area (Å²) in [5.74, 6) is 0. The van der Waals surface area contributed by atoms with Crippen molar-refractivity contribution in [3.05, 3.63) is 35.9 Å². The lowest BCUT2D eigenvalue weighted by molar-refractivity contribution is 0.438. The van der Waals surface area contributed by atoms with E-state index in [1.54, 1.807) is 0 Å². The highest BCUT2D eigenvalue weighted by atomic mass is 15.1. The van der Waals surface area contributed by atoms with Gasteiger partial charge in [0, 0.05) is 18.8 Å². The Morgan fingerprint density at radius 2 is 2.23 bits per heavy atom. The van der Waals surface area contributed by atoms with Gasteiger partial charge in [0.25, 0.3) is 0 Å². The quantitative estimate of drug-likeness (QED) is 0.655. The van der Waals surface area contributed by atoms with Crippen molar-refractivity contribution in [2.24, 2.45) is 0 Å². The fourth-order valence-electron chi connectivity index (χ4n) is 1.63. The Balaban J connectivity index is 2.26. The van der Waals surface area contributed by atoms with Crippen LogP contribution in [0.5, 0.6) is 0 Å². The maximum Gasteiger partial charge on any atom is 0.0320 e. The number of nitrogens with zero attached hydrogens (tertiary/aromatic N) is 1. The average molecular weight is 174 g/mol. The first-order valence-corrected chi connectivity index (χ1v) is 4.49. The van der Waals surface area contributed by atoms with Gasteiger partial charge in [0.15, 0.2) is 0 Å². The van der Waals surface area contributed by atoms with Crippen LogP contribution in [0, 0.1) is 0 Å². The van der Waals surface area contributed by atoms with Gasteiger partial charge < -0.3 is 5.73 Å². The van der Waals surface area contributed by atoms with Crippen molar-refractivity contribution >= 4 is 11.3 Å². The summed E-state index contributed by atoms with van der Waals surface area (Å²) in [6, 6.07) is 8.07. The molecule has 2 heteroatoms. The Labute approximate surface area is 78.7 Å². The lowest BCUT2D eigenvalue weighted by Crippen LogP contribution is -2.13. The van der Waals surface area contributed by atoms with Crippen molar-refractivity contribution in [1.82, 2.24) is 4.90 Å². The number of hydrogen-bond acceptors (Lipinski definition) is 2. The van der Waals surface area contributed by atoms with Crippen LogP contribution in [0.15, 0.2) is 30.3 Å². The minimum atomic E-state index is 0.841. The molecule has 0 saturated carbocycles. The van der Waals surface area contributed by atoms with E-state index >= 15 is 0 Å². The maximum absolute atomic E-state index is 5.72. The highest BCUT2D eigenvalue weighted by Gasteiger charge is 2.10. The highest BCUT2D eigenvalue weighted by molar-refractivity contribution is 5.71. The van der Waals surface area contributed by atoms with E-state index in [2.05, 4.69) is 24.1 Å². The molecule has 1 aromatic rings. The van der Waals surface area contributed by atoms with Gasteiger partial charge in [0.2, 0.25) is 0 Å². The number of nitrogens with two attached hydrogens (primary N) is 1. The zero-order chi connectivity index (χ0) is 9.26. The first-order chi connectivity index (χ1) is 6.25. The van der Waals surface area contributed by atoms with Crippen molar-refractivity contribution in [1.29, 1.82) is 0 Å². The third kappa shape index (κ3) is 1.73. The van der Waals surface area contributed by atoms with Gasteiger partial charge in [0.1, 0.15) is 0 Å². The third-order valence-electron chi connectivity index (χ3n) is 2.35. The van der Waals surface area contributed by atoms with Crippen LogP contribution >= 0.6 is 0 Å². The lowest BCUT2D eigenvalue weighted by Gasteiger charge is -2.08. The summed E-state index contributed by atoms with van der Waals surface area (Å²) in [4.78, 5) is 2.28. The van der Waals surface area contributed by atoms with E-state index in [0.717, 1.165) is 18.8 Å². The van der Waals surface area contributed by atoms with E-state index in [1.165, 1.54) is 11.1 Å². The first-order valence-electron chi connectivity index (χ1n) is 4.49. The fourth-order valence-corrected chi connectivity index (χ4v) is 1.63. The second-order valence-electron chi connectivity index (χ2n) is 3.55. The molecule has 0 aliphatic carbocycles. The van der Waals surface area contributed by atoms with Crippen molar-refractivity contribution < 1.29 is 0 Å². The maximum atomic E-state index is 5.72. The van der Waals surface area contributed by atoms with Crippen LogP contribution < -0.4 is 5.73 Å². The molecule has 2 N–H and O–H groups in total. The summed E-state index contributed by atoms with van der Waals surface area (Å²) in [6.45, 7) is 2.08. The minimum Gasteiger partial charge on any atom is -0.399 e. The Kier molecular flexibility index (Phi) is 2.07. The second-order valence-corrected chi connectivity index (χ2v) is 3.55. The summed E-state index contributed by atoms with van der Waals surface area (Å²) in [5.41, 5.74) is 9.20. The standard InChI is InChI=1S/C11H14N2/c1-13-6-5-10(8-13)9-3-2-4-11(12)7-9/h2-5,7H,6,8,12H2,1H3. The molecule has 68 valence electrons. The molecule has 1 heterocycles. The van der Waals surface area contributed by atoms with Gasteiger partial charge in [0.05, 0.1) is 0 Å². The Hall–Kier alpha value is -1.28. The molecule has 0 saturated heterocycles. The molecule has 0 radical (unpaired) electrons. The van der Waals surface area contributed by atoms with Crippen molar-refractivity contribution in [2.75, 3.05) is 25.9 Å². The average Bonchev–Trinajstić information content (AvgIpc) is 2.52. The molecule has 1 aliphatic rings. The molecular formula is C11H14N2. The molecule has 13 heavy (non-hydrogen) atoms. The molecule has 0 amide bonds. The summed E-state index contributed by atoms with van der Waals surface area (Å²) in [5, 5.41) is 0. The van der Waals surface area contributed by atoms with Gasteiger partial charge in [-0.1, -0.05) is 18.2 Å². The number of likely N-dealkylation sites (N-methyl/N-ethyl adjacent to an activating group) is 1. The van der Waals surface area contributed by atoms with E-state index in [0.29, 0.717) is 0 Å². The lowest BCUT2D eigenvalue weighted by atomic mass is 10.1. The molecular weight excluding hydrogens is 160 g/mol. The minimum absolute atomic E-state index is 0.841. The first kappa shape index (κ1) is 8.32. The summed E-state index contributed by atoms with van der Waals surface area (Å²) in [7, 11) is 2.12. The molecule has 0 spiro atoms. The molecule has 0 atom stereocenters. The molecule has 2 nitrogen and oxygen atoms in total. The molecule has 2 rings (SSSR count). The van der Waals surface area contributed by atoms with E-state index in [4.69, 9.17) is 5.73 Å². The van der Waals surface area contributed by atoms with Crippen molar-refractivity contribution in [3.8, 4) is 0 Å². The summed E-state index contributed by atoms with van der Waals surface area (Å²) in [6.07, 6.45) is 2.26. The fraction of sp³-hybridized carbons (Fsp3) is 0.273. The van der Waals surface area contributed by atoms with Crippen LogP contribution in [0.25, 0.3) is 5.57 Å². The number of hydrogen-bond donors (Lipinski definition) is 1. The normalized spacial score (nSPS) is 17.5. The van der Waals surface area contributed by atoms with Gasteiger partial charge in [-0.05, 0) is 30.3 Å². The molecule has 0 bridgehead atoms. The predicted octanol–water partition coefficient (Wildman–Crippen LogP) is 1.60. The smallest absolute Gasteiger partial charge is 0.0320 e. The van der Waals surface area contributed by atoms with Crippen LogP contribution in [0.1, 0.15) is 5.56 Å². The van der Waals surface area contributed by atoms with Crippen LogP contribution in [0.2, 0.25) is 0 Å². The monoisotopic (exact) mass is 174 g/mol. The molecule has 0 unspecified atom stereocenters. The van der Waals surface area contributed by atoms with Gasteiger partial charge in [-0.25, -0.2) is 0 Å². The highest BCUT2D eigenvalue weighted by Crippen LogP contribution is 2.21. The largest absolute Gasteiger partial charge is 0.399 e. The van der Waals surface area contributed by atoms with E-state index < -0.39 is 0 Å². The number of rotatable bonds is 1. The van der Waals surface area contributed by atoms with Crippen LogP contribution in [0.4, 0.5) is 5.69 Å². The zero-order valence-electron chi connectivity index (χ0n) is 7.83. The SMILES string of the molecule is CN1CC=C(c2cccc(N)c2)C1.